The van der Waals surface area contributed by atoms with Crippen LogP contribution in [0.3, 0.4) is 0 Å². The van der Waals surface area contributed by atoms with E-state index in [0.717, 1.165) is 24.2 Å². The normalized spacial score (nSPS) is 25.9. The molecular weight excluding hydrogens is 283 g/mol. The molecule has 2 heterocycles. The van der Waals surface area contributed by atoms with E-state index in [1.807, 2.05) is 11.8 Å². The Hall–Kier alpha value is -1.46. The molecule has 0 aliphatic carbocycles. The molecule has 2 atom stereocenters. The van der Waals surface area contributed by atoms with E-state index in [9.17, 15) is 9.18 Å². The number of carbonyl (C=O) groups excluding carboxylic acids is 1. The molecular formula is C17H23FN2O2. The molecule has 0 aromatic heterocycles. The average molecular weight is 306 g/mol. The minimum absolute atomic E-state index is 0.0301. The number of amides is 1. The van der Waals surface area contributed by atoms with Crippen LogP contribution >= 0.6 is 0 Å². The first-order valence-electron chi connectivity index (χ1n) is 8.03. The first kappa shape index (κ1) is 15.4. The molecule has 1 saturated heterocycles. The van der Waals surface area contributed by atoms with E-state index in [1.165, 1.54) is 6.07 Å². The number of carbonyl (C=O) groups is 1. The third-order valence-corrected chi connectivity index (χ3v) is 4.80. The number of halogens is 1. The Labute approximate surface area is 130 Å². The van der Waals surface area contributed by atoms with Crippen LogP contribution in [0.25, 0.3) is 0 Å². The van der Waals surface area contributed by atoms with Crippen molar-refractivity contribution in [3.8, 4) is 0 Å². The second kappa shape index (κ2) is 6.34. The van der Waals surface area contributed by atoms with Gasteiger partial charge in [-0.15, -0.1) is 0 Å². The molecule has 1 aromatic carbocycles. The van der Waals surface area contributed by atoms with Crippen molar-refractivity contribution < 1.29 is 13.9 Å². The van der Waals surface area contributed by atoms with Gasteiger partial charge in [0.05, 0.1) is 12.6 Å². The molecule has 0 unspecified atom stereocenters. The zero-order chi connectivity index (χ0) is 15.7. The van der Waals surface area contributed by atoms with Crippen LogP contribution in [0, 0.1) is 5.82 Å². The van der Waals surface area contributed by atoms with Crippen molar-refractivity contribution in [2.24, 2.45) is 0 Å². The molecule has 2 aliphatic heterocycles. The number of benzene rings is 1. The van der Waals surface area contributed by atoms with Gasteiger partial charge in [0.15, 0.2) is 0 Å². The summed E-state index contributed by atoms with van der Waals surface area (Å²) in [6, 6.07) is 4.83. The van der Waals surface area contributed by atoms with Gasteiger partial charge in [0, 0.05) is 19.6 Å². The van der Waals surface area contributed by atoms with E-state index in [4.69, 9.17) is 4.74 Å². The highest BCUT2D eigenvalue weighted by atomic mass is 19.1. The zero-order valence-electron chi connectivity index (χ0n) is 13.2. The van der Waals surface area contributed by atoms with Gasteiger partial charge in [-0.2, -0.15) is 0 Å². The molecule has 0 saturated carbocycles. The third kappa shape index (κ3) is 2.88. The summed E-state index contributed by atoms with van der Waals surface area (Å²) in [4.78, 5) is 16.9. The summed E-state index contributed by atoms with van der Waals surface area (Å²) in [6.45, 7) is 7.82. The number of ether oxygens (including phenoxy) is 1. The van der Waals surface area contributed by atoms with Gasteiger partial charge in [0.1, 0.15) is 11.9 Å². The second-order valence-electron chi connectivity index (χ2n) is 6.05. The Balaban J connectivity index is 1.75. The van der Waals surface area contributed by atoms with Crippen molar-refractivity contribution in [3.05, 3.63) is 35.1 Å². The Bertz CT molecular complexity index is 564. The lowest BCUT2D eigenvalue weighted by atomic mass is 9.93. The third-order valence-electron chi connectivity index (χ3n) is 4.80. The summed E-state index contributed by atoms with van der Waals surface area (Å²) in [7, 11) is 0. The van der Waals surface area contributed by atoms with Gasteiger partial charge in [-0.25, -0.2) is 4.39 Å². The maximum absolute atomic E-state index is 13.3. The first-order chi connectivity index (χ1) is 10.6. The van der Waals surface area contributed by atoms with Gasteiger partial charge in [-0.1, -0.05) is 13.0 Å². The van der Waals surface area contributed by atoms with Gasteiger partial charge in [0.2, 0.25) is 0 Å². The Morgan fingerprint density at radius 1 is 1.41 bits per heavy atom. The molecule has 0 radical (unpaired) electrons. The standard InChI is InChI=1S/C17H23FN2O2/c1-3-19-8-9-22-16(11-19)17(21)20-7-6-13-10-14(18)4-5-15(13)12(20)2/h4-5,10,12,16H,3,6-9,11H2,1-2H3/t12-,16-/m1/s1. The number of nitrogens with zero attached hydrogens (tertiary/aromatic N) is 2. The lowest BCUT2D eigenvalue weighted by Gasteiger charge is -2.39. The maximum atomic E-state index is 13.3. The number of hydrogen-bond donors (Lipinski definition) is 0. The molecule has 1 aromatic rings. The molecule has 1 fully saturated rings. The van der Waals surface area contributed by atoms with E-state index in [2.05, 4.69) is 11.8 Å². The molecule has 22 heavy (non-hydrogen) atoms. The summed E-state index contributed by atoms with van der Waals surface area (Å²) in [5, 5.41) is 0. The van der Waals surface area contributed by atoms with Crippen LogP contribution in [0.4, 0.5) is 4.39 Å². The highest BCUT2D eigenvalue weighted by molar-refractivity contribution is 5.82. The van der Waals surface area contributed by atoms with Crippen LogP contribution in [-0.2, 0) is 16.0 Å². The smallest absolute Gasteiger partial charge is 0.253 e. The molecule has 0 spiro atoms. The molecule has 2 aliphatic rings. The van der Waals surface area contributed by atoms with Gasteiger partial charge in [-0.3, -0.25) is 9.69 Å². The first-order valence-corrected chi connectivity index (χ1v) is 8.03. The van der Waals surface area contributed by atoms with Crippen LogP contribution < -0.4 is 0 Å². The Morgan fingerprint density at radius 3 is 3.00 bits per heavy atom. The van der Waals surface area contributed by atoms with Crippen LogP contribution in [0.5, 0.6) is 0 Å². The van der Waals surface area contributed by atoms with E-state index in [1.54, 1.807) is 12.1 Å². The van der Waals surface area contributed by atoms with Crippen molar-refractivity contribution in [2.45, 2.75) is 32.4 Å². The molecule has 0 bridgehead atoms. The maximum Gasteiger partial charge on any atom is 0.253 e. The zero-order valence-corrected chi connectivity index (χ0v) is 13.2. The lowest BCUT2D eigenvalue weighted by molar-refractivity contribution is -0.152. The van der Waals surface area contributed by atoms with Crippen LogP contribution in [0.1, 0.15) is 31.0 Å². The number of likely N-dealkylation sites (N-methyl/N-ethyl adjacent to an activating group) is 1. The molecule has 4 nitrogen and oxygen atoms in total. The van der Waals surface area contributed by atoms with Crippen molar-refractivity contribution in [1.82, 2.24) is 9.80 Å². The SMILES string of the molecule is CCN1CCO[C@@H](C(=O)N2CCc3cc(F)ccc3[C@H]2C)C1. The monoisotopic (exact) mass is 306 g/mol. The summed E-state index contributed by atoms with van der Waals surface area (Å²) in [6.07, 6.45) is 0.325. The quantitative estimate of drug-likeness (QED) is 0.838. The van der Waals surface area contributed by atoms with Gasteiger partial charge in [-0.05, 0) is 43.1 Å². The van der Waals surface area contributed by atoms with Crippen LogP contribution in [0.15, 0.2) is 18.2 Å². The highest BCUT2D eigenvalue weighted by Crippen LogP contribution is 2.30. The van der Waals surface area contributed by atoms with Crippen LogP contribution in [0.2, 0.25) is 0 Å². The van der Waals surface area contributed by atoms with Crippen molar-refractivity contribution in [1.29, 1.82) is 0 Å². The summed E-state index contributed by atoms with van der Waals surface area (Å²) in [5.41, 5.74) is 2.06. The fourth-order valence-corrected chi connectivity index (χ4v) is 3.43. The number of rotatable bonds is 2. The number of hydrogen-bond acceptors (Lipinski definition) is 3. The summed E-state index contributed by atoms with van der Waals surface area (Å²) < 4.78 is 19.0. The van der Waals surface area contributed by atoms with E-state index in [0.29, 0.717) is 26.1 Å². The molecule has 5 heteroatoms. The van der Waals surface area contributed by atoms with Crippen molar-refractivity contribution in [2.75, 3.05) is 32.8 Å². The van der Waals surface area contributed by atoms with Gasteiger partial charge in [0.25, 0.3) is 5.91 Å². The van der Waals surface area contributed by atoms with Crippen molar-refractivity contribution >= 4 is 5.91 Å². The summed E-state index contributed by atoms with van der Waals surface area (Å²) in [5.74, 6) is -0.152. The minimum atomic E-state index is -0.377. The molecule has 1 amide bonds. The largest absolute Gasteiger partial charge is 0.366 e. The van der Waals surface area contributed by atoms with E-state index >= 15 is 0 Å². The molecule has 120 valence electrons. The van der Waals surface area contributed by atoms with Gasteiger partial charge < -0.3 is 9.64 Å². The second-order valence-corrected chi connectivity index (χ2v) is 6.05. The lowest BCUT2D eigenvalue weighted by Crippen LogP contribution is -2.52. The Morgan fingerprint density at radius 2 is 2.23 bits per heavy atom. The Kier molecular flexibility index (Phi) is 4.45. The predicted octanol–water partition coefficient (Wildman–Crippen LogP) is 1.99. The fraction of sp³-hybridized carbons (Fsp3) is 0.588. The number of morpholine rings is 1. The minimum Gasteiger partial charge on any atom is -0.366 e. The number of fused-ring (bicyclic) bond motifs is 1. The fourth-order valence-electron chi connectivity index (χ4n) is 3.43. The molecule has 3 rings (SSSR count). The van der Waals surface area contributed by atoms with Crippen LogP contribution in [-0.4, -0.2) is 54.6 Å². The van der Waals surface area contributed by atoms with E-state index in [-0.39, 0.29) is 23.9 Å². The average Bonchev–Trinajstić information content (AvgIpc) is 2.54. The predicted molar refractivity (Wildman–Crippen MR) is 82.1 cm³/mol. The molecule has 0 N–H and O–H groups in total. The van der Waals surface area contributed by atoms with E-state index < -0.39 is 0 Å². The van der Waals surface area contributed by atoms with Crippen molar-refractivity contribution in [3.63, 3.8) is 0 Å². The highest BCUT2D eigenvalue weighted by Gasteiger charge is 2.34. The van der Waals surface area contributed by atoms with Gasteiger partial charge >= 0.3 is 0 Å². The topological polar surface area (TPSA) is 32.8 Å². The summed E-state index contributed by atoms with van der Waals surface area (Å²) >= 11 is 0.